The number of hydrogen-bond donors (Lipinski definition) is 0. The normalized spacial score (nSPS) is 11.7. The van der Waals surface area contributed by atoms with Crippen LogP contribution in [-0.4, -0.2) is 19.1 Å². The van der Waals surface area contributed by atoms with E-state index in [1.165, 1.54) is 54.7 Å². The number of aromatic nitrogens is 4. The van der Waals surface area contributed by atoms with Crippen LogP contribution in [0.4, 0.5) is 0 Å². The topological polar surface area (TPSA) is 35.6 Å². The van der Waals surface area contributed by atoms with Crippen molar-refractivity contribution in [3.05, 3.63) is 218 Å². The van der Waals surface area contributed by atoms with Crippen LogP contribution in [0.5, 0.6) is 0 Å². The van der Waals surface area contributed by atoms with Crippen LogP contribution in [0.1, 0.15) is 0 Å². The fraction of sp³-hybridized carbons (Fsp3) is 0. The summed E-state index contributed by atoms with van der Waals surface area (Å²) < 4.78 is 4.80. The lowest BCUT2D eigenvalue weighted by atomic mass is 9.98. The van der Waals surface area contributed by atoms with Crippen molar-refractivity contribution >= 4 is 54.4 Å². The van der Waals surface area contributed by atoms with Crippen LogP contribution in [0.25, 0.3) is 111 Å². The molecule has 0 unspecified atom stereocenters. The predicted molar refractivity (Wildman–Crippen MR) is 250 cm³/mol. The second kappa shape index (κ2) is 13.8. The highest BCUT2D eigenvalue weighted by Gasteiger charge is 2.19. The maximum absolute atomic E-state index is 5.21. The predicted octanol–water partition coefficient (Wildman–Crippen LogP) is 14.5. The maximum Gasteiger partial charge on any atom is 0.160 e. The van der Waals surface area contributed by atoms with E-state index in [-0.39, 0.29) is 0 Å². The number of benzene rings is 9. The van der Waals surface area contributed by atoms with E-state index in [1.807, 2.05) is 24.3 Å². The van der Waals surface area contributed by atoms with Crippen LogP contribution in [0.15, 0.2) is 218 Å². The third-order valence-corrected chi connectivity index (χ3v) is 11.9. The van der Waals surface area contributed by atoms with Gasteiger partial charge in [-0.05, 0) is 77.2 Å². The van der Waals surface area contributed by atoms with E-state index in [0.717, 1.165) is 50.2 Å². The molecule has 9 aromatic carbocycles. The van der Waals surface area contributed by atoms with Gasteiger partial charge in [0.05, 0.1) is 39.1 Å². The van der Waals surface area contributed by atoms with Crippen molar-refractivity contribution < 1.29 is 0 Å². The number of rotatable bonds is 6. The minimum atomic E-state index is 0.708. The molecule has 0 bridgehead atoms. The molecule has 0 spiro atoms. The molecule has 0 N–H and O–H groups in total. The zero-order valence-corrected chi connectivity index (χ0v) is 32.6. The number of fused-ring (bicyclic) bond motifs is 7. The second-order valence-corrected chi connectivity index (χ2v) is 15.4. The zero-order valence-electron chi connectivity index (χ0n) is 32.6. The number of nitrogens with zero attached hydrogens (tertiary/aromatic N) is 4. The van der Waals surface area contributed by atoms with E-state index in [0.29, 0.717) is 5.82 Å². The van der Waals surface area contributed by atoms with Crippen LogP contribution >= 0.6 is 0 Å². The molecule has 0 aliphatic rings. The van der Waals surface area contributed by atoms with Gasteiger partial charge in [0.1, 0.15) is 0 Å². The molecular weight excluding hydrogens is 729 g/mol. The Kier molecular flexibility index (Phi) is 7.82. The standard InChI is InChI=1S/C56H36N4/c1-4-16-37(17-5-1)49-36-50(58-56(57-49)38-18-6-2-7-19-38)43-30-33-53(44-23-11-10-22-42(43)44)60-52-27-15-13-25-46(52)48-35-40(29-32-55(48)60)39-28-31-54-47(34-39)45-24-12-14-26-51(45)59(54)41-20-8-3-9-21-41/h1-36H. The van der Waals surface area contributed by atoms with Crippen LogP contribution < -0.4 is 0 Å². The first kappa shape index (κ1) is 34.0. The smallest absolute Gasteiger partial charge is 0.160 e. The Morgan fingerprint density at radius 2 is 0.767 bits per heavy atom. The lowest BCUT2D eigenvalue weighted by Gasteiger charge is -2.16. The fourth-order valence-electron chi connectivity index (χ4n) is 9.18. The Hall–Kier alpha value is -8.08. The van der Waals surface area contributed by atoms with E-state index in [1.54, 1.807) is 0 Å². The van der Waals surface area contributed by atoms with Gasteiger partial charge in [0.15, 0.2) is 5.82 Å². The molecule has 0 radical (unpaired) electrons. The Labute approximate surface area is 346 Å². The summed E-state index contributed by atoms with van der Waals surface area (Å²) in [7, 11) is 0. The van der Waals surface area contributed by atoms with E-state index < -0.39 is 0 Å². The van der Waals surface area contributed by atoms with Gasteiger partial charge in [0, 0.05) is 49.3 Å². The number of para-hydroxylation sites is 3. The average Bonchev–Trinajstić information content (AvgIpc) is 3.84. The molecule has 12 rings (SSSR count). The van der Waals surface area contributed by atoms with Crippen LogP contribution in [0.3, 0.4) is 0 Å². The molecule has 0 saturated heterocycles. The first-order valence-electron chi connectivity index (χ1n) is 20.4. The first-order valence-corrected chi connectivity index (χ1v) is 20.4. The van der Waals surface area contributed by atoms with Crippen molar-refractivity contribution in [1.82, 2.24) is 19.1 Å². The molecular formula is C56H36N4. The first-order chi connectivity index (χ1) is 29.8. The molecule has 4 nitrogen and oxygen atoms in total. The summed E-state index contributed by atoms with van der Waals surface area (Å²) in [6.07, 6.45) is 0. The van der Waals surface area contributed by atoms with Gasteiger partial charge in [-0.1, -0.05) is 158 Å². The lowest BCUT2D eigenvalue weighted by molar-refractivity contribution is 1.18. The van der Waals surface area contributed by atoms with Gasteiger partial charge in [-0.15, -0.1) is 0 Å². The lowest BCUT2D eigenvalue weighted by Crippen LogP contribution is -1.99. The third-order valence-electron chi connectivity index (χ3n) is 11.9. The van der Waals surface area contributed by atoms with Gasteiger partial charge < -0.3 is 9.13 Å². The summed E-state index contributed by atoms with van der Waals surface area (Å²) in [6.45, 7) is 0. The molecule has 3 aromatic heterocycles. The second-order valence-electron chi connectivity index (χ2n) is 15.4. The van der Waals surface area contributed by atoms with E-state index in [4.69, 9.17) is 9.97 Å². The maximum atomic E-state index is 5.21. The highest BCUT2D eigenvalue weighted by atomic mass is 15.0. The monoisotopic (exact) mass is 764 g/mol. The molecule has 0 fully saturated rings. The fourth-order valence-corrected chi connectivity index (χ4v) is 9.18. The Bertz CT molecular complexity index is 3530. The number of hydrogen-bond acceptors (Lipinski definition) is 2. The molecule has 280 valence electrons. The summed E-state index contributed by atoms with van der Waals surface area (Å²) in [5, 5.41) is 7.23. The molecule has 0 aliphatic carbocycles. The third kappa shape index (κ3) is 5.46. The molecule has 0 saturated carbocycles. The van der Waals surface area contributed by atoms with Crippen molar-refractivity contribution in [1.29, 1.82) is 0 Å². The summed E-state index contributed by atoms with van der Waals surface area (Å²) in [4.78, 5) is 10.3. The summed E-state index contributed by atoms with van der Waals surface area (Å²) in [5.74, 6) is 0.708. The average molecular weight is 765 g/mol. The van der Waals surface area contributed by atoms with Crippen molar-refractivity contribution in [3.63, 3.8) is 0 Å². The van der Waals surface area contributed by atoms with Gasteiger partial charge in [0.25, 0.3) is 0 Å². The van der Waals surface area contributed by atoms with Crippen LogP contribution in [-0.2, 0) is 0 Å². The Morgan fingerprint density at radius 3 is 1.42 bits per heavy atom. The highest BCUT2D eigenvalue weighted by Crippen LogP contribution is 2.41. The van der Waals surface area contributed by atoms with Crippen LogP contribution in [0, 0.1) is 0 Å². The summed E-state index contributed by atoms with van der Waals surface area (Å²) in [5.41, 5.74) is 14.3. The van der Waals surface area contributed by atoms with Gasteiger partial charge in [-0.25, -0.2) is 9.97 Å². The summed E-state index contributed by atoms with van der Waals surface area (Å²) >= 11 is 0. The molecule has 0 atom stereocenters. The van der Waals surface area contributed by atoms with Gasteiger partial charge in [0.2, 0.25) is 0 Å². The van der Waals surface area contributed by atoms with Crippen LogP contribution in [0.2, 0.25) is 0 Å². The molecule has 60 heavy (non-hydrogen) atoms. The highest BCUT2D eigenvalue weighted by molar-refractivity contribution is 6.14. The van der Waals surface area contributed by atoms with Crippen molar-refractivity contribution in [3.8, 4) is 56.4 Å². The van der Waals surface area contributed by atoms with Gasteiger partial charge >= 0.3 is 0 Å². The van der Waals surface area contributed by atoms with Gasteiger partial charge in [-0.3, -0.25) is 0 Å². The molecule has 0 amide bonds. The van der Waals surface area contributed by atoms with Crippen molar-refractivity contribution in [2.45, 2.75) is 0 Å². The van der Waals surface area contributed by atoms with Gasteiger partial charge in [-0.2, -0.15) is 0 Å². The van der Waals surface area contributed by atoms with Crippen molar-refractivity contribution in [2.75, 3.05) is 0 Å². The zero-order chi connectivity index (χ0) is 39.6. The quantitative estimate of drug-likeness (QED) is 0.169. The largest absolute Gasteiger partial charge is 0.309 e. The molecule has 3 heterocycles. The van der Waals surface area contributed by atoms with E-state index in [2.05, 4.69) is 203 Å². The SMILES string of the molecule is c1ccc(-c2cc(-c3ccc(-n4c5ccccc5c5cc(-c6ccc7c(c6)c6ccccc6n7-c6ccccc6)ccc54)c4ccccc34)nc(-c3ccccc3)n2)cc1. The minimum absolute atomic E-state index is 0.708. The van der Waals surface area contributed by atoms with E-state index >= 15 is 0 Å². The summed E-state index contributed by atoms with van der Waals surface area (Å²) in [6, 6.07) is 78.0. The Morgan fingerprint density at radius 1 is 0.283 bits per heavy atom. The molecule has 12 aromatic rings. The van der Waals surface area contributed by atoms with E-state index in [9.17, 15) is 0 Å². The molecule has 0 aliphatic heterocycles. The minimum Gasteiger partial charge on any atom is -0.309 e. The van der Waals surface area contributed by atoms with Crippen molar-refractivity contribution in [2.24, 2.45) is 0 Å². The molecule has 4 heteroatoms. The Balaban J connectivity index is 1.02.